The number of anilines is 2. The van der Waals surface area contributed by atoms with E-state index in [0.717, 1.165) is 18.9 Å². The zero-order chi connectivity index (χ0) is 19.6. The molecule has 27 heavy (non-hydrogen) atoms. The Morgan fingerprint density at radius 3 is 2.52 bits per heavy atom. The molecule has 154 valence electrons. The fourth-order valence-corrected chi connectivity index (χ4v) is 3.15. The molecule has 1 aromatic heterocycles. The van der Waals surface area contributed by atoms with Crippen molar-refractivity contribution in [2.75, 3.05) is 56.6 Å². The van der Waals surface area contributed by atoms with Crippen LogP contribution < -0.4 is 10.2 Å². The van der Waals surface area contributed by atoms with E-state index < -0.39 is 24.9 Å². The van der Waals surface area contributed by atoms with Crippen molar-refractivity contribution in [3.05, 3.63) is 12.3 Å². The van der Waals surface area contributed by atoms with Crippen molar-refractivity contribution in [3.63, 3.8) is 0 Å². The van der Waals surface area contributed by atoms with Crippen molar-refractivity contribution in [2.24, 2.45) is 0 Å². The second-order valence-electron chi connectivity index (χ2n) is 7.14. The molecule has 9 heteroatoms. The molecule has 0 amide bonds. The van der Waals surface area contributed by atoms with E-state index in [4.69, 9.17) is 5.11 Å². The first-order chi connectivity index (χ1) is 13.0. The molecular formula is C18H33N5O4. The standard InChI is InChI=1S/C18H33N5O4/c1-22(12-14(25)17(27)15(26)13-24)11-8-20-18-19-7-6-16(21-18)23-9-4-2-3-5-10-23/h6-7,14-15,17,24-27H,2-5,8-13H2,1H3,(H,19,20,21)/t14-,15+,17-/m0/s1. The van der Waals surface area contributed by atoms with Crippen LogP contribution in [0.5, 0.6) is 0 Å². The maximum Gasteiger partial charge on any atom is 0.224 e. The summed E-state index contributed by atoms with van der Waals surface area (Å²) in [6.45, 7) is 2.81. The van der Waals surface area contributed by atoms with Crippen LogP contribution in [0, 0.1) is 0 Å². The van der Waals surface area contributed by atoms with Crippen LogP contribution in [0.2, 0.25) is 0 Å². The van der Waals surface area contributed by atoms with E-state index in [2.05, 4.69) is 20.2 Å². The Labute approximate surface area is 160 Å². The van der Waals surface area contributed by atoms with Crippen molar-refractivity contribution in [3.8, 4) is 0 Å². The largest absolute Gasteiger partial charge is 0.394 e. The van der Waals surface area contributed by atoms with Crippen LogP contribution >= 0.6 is 0 Å². The topological polar surface area (TPSA) is 125 Å². The van der Waals surface area contributed by atoms with E-state index in [1.54, 1.807) is 13.2 Å². The molecule has 1 aromatic rings. The molecule has 0 aromatic carbocycles. The average molecular weight is 383 g/mol. The molecule has 9 nitrogen and oxygen atoms in total. The molecule has 0 unspecified atom stereocenters. The number of aliphatic hydroxyl groups is 4. The van der Waals surface area contributed by atoms with Gasteiger partial charge in [-0.1, -0.05) is 12.8 Å². The first kappa shape index (κ1) is 21.8. The Hall–Kier alpha value is -1.52. The van der Waals surface area contributed by atoms with Gasteiger partial charge in [0.15, 0.2) is 0 Å². The van der Waals surface area contributed by atoms with Gasteiger partial charge in [0, 0.05) is 38.9 Å². The number of hydrogen-bond donors (Lipinski definition) is 5. The maximum absolute atomic E-state index is 9.90. The quantitative estimate of drug-likeness (QED) is 0.356. The lowest BCUT2D eigenvalue weighted by Crippen LogP contribution is -2.45. The van der Waals surface area contributed by atoms with Gasteiger partial charge in [-0.25, -0.2) is 4.98 Å². The normalized spacial score (nSPS) is 18.8. The zero-order valence-corrected chi connectivity index (χ0v) is 16.0. The molecular weight excluding hydrogens is 350 g/mol. The minimum absolute atomic E-state index is 0.175. The first-order valence-electron chi connectivity index (χ1n) is 9.66. The Balaban J connectivity index is 1.77. The molecule has 1 aliphatic rings. The van der Waals surface area contributed by atoms with Crippen LogP contribution in [0.3, 0.4) is 0 Å². The predicted octanol–water partition coefficient (Wildman–Crippen LogP) is -0.724. The third-order valence-corrected chi connectivity index (χ3v) is 4.82. The molecule has 1 fully saturated rings. The third-order valence-electron chi connectivity index (χ3n) is 4.82. The van der Waals surface area contributed by atoms with Gasteiger partial charge < -0.3 is 35.5 Å². The molecule has 2 rings (SSSR count). The van der Waals surface area contributed by atoms with Crippen molar-refractivity contribution >= 4 is 11.8 Å². The predicted molar refractivity (Wildman–Crippen MR) is 104 cm³/mol. The Morgan fingerprint density at radius 1 is 1.15 bits per heavy atom. The van der Waals surface area contributed by atoms with E-state index in [9.17, 15) is 15.3 Å². The van der Waals surface area contributed by atoms with Crippen LogP contribution in [0.4, 0.5) is 11.8 Å². The second-order valence-corrected chi connectivity index (χ2v) is 7.14. The second kappa shape index (κ2) is 11.4. The van der Waals surface area contributed by atoms with Crippen LogP contribution in [-0.2, 0) is 0 Å². The van der Waals surface area contributed by atoms with E-state index in [1.807, 2.05) is 11.0 Å². The number of rotatable bonds is 10. The molecule has 0 radical (unpaired) electrons. The SMILES string of the molecule is CN(CCNc1nccc(N2CCCCCC2)n1)C[C@H](O)[C@H](O)[C@H](O)CO. The number of aliphatic hydroxyl groups excluding tert-OH is 4. The van der Waals surface area contributed by atoms with Crippen molar-refractivity contribution in [2.45, 2.75) is 44.0 Å². The molecule has 2 heterocycles. The van der Waals surface area contributed by atoms with Gasteiger partial charge in [0.2, 0.25) is 5.95 Å². The molecule has 0 bridgehead atoms. The Bertz CT molecular complexity index is 542. The molecule has 1 saturated heterocycles. The number of nitrogens with zero attached hydrogens (tertiary/aromatic N) is 4. The summed E-state index contributed by atoms with van der Waals surface area (Å²) in [5, 5.41) is 41.0. The number of nitrogens with one attached hydrogen (secondary N) is 1. The van der Waals surface area contributed by atoms with Gasteiger partial charge in [0.1, 0.15) is 18.0 Å². The average Bonchev–Trinajstić information content (AvgIpc) is 2.96. The van der Waals surface area contributed by atoms with Crippen LogP contribution in [0.25, 0.3) is 0 Å². The summed E-state index contributed by atoms with van der Waals surface area (Å²) in [6, 6.07) is 1.94. The van der Waals surface area contributed by atoms with Gasteiger partial charge in [-0.05, 0) is 26.0 Å². The molecule has 0 spiro atoms. The van der Waals surface area contributed by atoms with E-state index in [0.29, 0.717) is 19.0 Å². The van der Waals surface area contributed by atoms with Crippen molar-refractivity contribution in [1.82, 2.24) is 14.9 Å². The minimum atomic E-state index is -1.38. The van der Waals surface area contributed by atoms with E-state index in [1.165, 1.54) is 25.7 Å². The van der Waals surface area contributed by atoms with Gasteiger partial charge in [-0.3, -0.25) is 0 Å². The molecule has 5 N–H and O–H groups in total. The van der Waals surface area contributed by atoms with Gasteiger partial charge in [-0.15, -0.1) is 0 Å². The lowest BCUT2D eigenvalue weighted by atomic mass is 10.1. The van der Waals surface area contributed by atoms with Crippen LogP contribution in [0.15, 0.2) is 12.3 Å². The summed E-state index contributed by atoms with van der Waals surface area (Å²) in [7, 11) is 1.80. The minimum Gasteiger partial charge on any atom is -0.394 e. The number of hydrogen-bond acceptors (Lipinski definition) is 9. The highest BCUT2D eigenvalue weighted by Crippen LogP contribution is 2.17. The molecule has 0 saturated carbocycles. The maximum atomic E-state index is 9.90. The molecule has 0 aliphatic carbocycles. The lowest BCUT2D eigenvalue weighted by molar-refractivity contribution is -0.0823. The van der Waals surface area contributed by atoms with E-state index >= 15 is 0 Å². The molecule has 1 aliphatic heterocycles. The summed E-state index contributed by atoms with van der Waals surface area (Å²) in [6.07, 6.45) is 2.83. The van der Waals surface area contributed by atoms with Crippen LogP contribution in [0.1, 0.15) is 25.7 Å². The lowest BCUT2D eigenvalue weighted by Gasteiger charge is -2.26. The highest BCUT2D eigenvalue weighted by molar-refractivity contribution is 5.42. The van der Waals surface area contributed by atoms with E-state index in [-0.39, 0.29) is 6.54 Å². The Kier molecular flexibility index (Phi) is 9.16. The summed E-state index contributed by atoms with van der Waals surface area (Å²) in [5.74, 6) is 1.51. The van der Waals surface area contributed by atoms with Gasteiger partial charge in [-0.2, -0.15) is 4.98 Å². The first-order valence-corrected chi connectivity index (χ1v) is 9.66. The molecule has 3 atom stereocenters. The fourth-order valence-electron chi connectivity index (χ4n) is 3.15. The smallest absolute Gasteiger partial charge is 0.224 e. The van der Waals surface area contributed by atoms with Gasteiger partial charge in [0.25, 0.3) is 0 Å². The summed E-state index contributed by atoms with van der Waals surface area (Å²) >= 11 is 0. The van der Waals surface area contributed by atoms with Crippen molar-refractivity contribution in [1.29, 1.82) is 0 Å². The Morgan fingerprint density at radius 2 is 1.85 bits per heavy atom. The zero-order valence-electron chi connectivity index (χ0n) is 16.0. The van der Waals surface area contributed by atoms with Crippen molar-refractivity contribution < 1.29 is 20.4 Å². The number of aromatic nitrogens is 2. The fraction of sp³-hybridized carbons (Fsp3) is 0.778. The van der Waals surface area contributed by atoms with Gasteiger partial charge in [0.05, 0.1) is 12.7 Å². The summed E-state index contributed by atoms with van der Waals surface area (Å²) < 4.78 is 0. The number of likely N-dealkylation sites (N-methyl/N-ethyl adjacent to an activating group) is 1. The third kappa shape index (κ3) is 7.19. The summed E-state index contributed by atoms with van der Waals surface area (Å²) in [4.78, 5) is 13.0. The highest BCUT2D eigenvalue weighted by Gasteiger charge is 2.24. The monoisotopic (exact) mass is 383 g/mol. The summed E-state index contributed by atoms with van der Waals surface area (Å²) in [5.41, 5.74) is 0. The van der Waals surface area contributed by atoms with Crippen LogP contribution in [-0.4, -0.2) is 100.0 Å². The van der Waals surface area contributed by atoms with Gasteiger partial charge >= 0.3 is 0 Å². The highest BCUT2D eigenvalue weighted by atomic mass is 16.4.